The summed E-state index contributed by atoms with van der Waals surface area (Å²) in [6.45, 7) is 5.67. The zero-order chi connectivity index (χ0) is 32.1. The van der Waals surface area contributed by atoms with E-state index in [0.717, 1.165) is 67.6 Å². The molecule has 0 bridgehead atoms. The summed E-state index contributed by atoms with van der Waals surface area (Å²) < 4.78 is 20.7. The molecule has 246 valence electrons. The SMILES string of the molecule is Cc1nccn1CC1CCc2c(c3ccccc3n2C)C1=O.Cl.O=C(O)c1cn(C2CC2)c2cc(N3CCNCC3)c(F)cc2c1=O. The van der Waals surface area contributed by atoms with Crippen molar-refractivity contribution in [2.24, 2.45) is 13.0 Å². The van der Waals surface area contributed by atoms with Gasteiger partial charge in [0.1, 0.15) is 17.2 Å². The van der Waals surface area contributed by atoms with Crippen LogP contribution in [0, 0.1) is 18.7 Å². The molecule has 1 saturated heterocycles. The summed E-state index contributed by atoms with van der Waals surface area (Å²) in [7, 11) is 2.06. The minimum absolute atomic E-state index is 0. The molecule has 1 atom stereocenters. The second kappa shape index (κ2) is 13.0. The van der Waals surface area contributed by atoms with Crippen LogP contribution in [0.4, 0.5) is 10.1 Å². The fraction of sp³-hybridized carbons (Fsp3) is 0.371. The third-order valence-corrected chi connectivity index (χ3v) is 9.64. The van der Waals surface area contributed by atoms with Gasteiger partial charge in [-0.05, 0) is 50.8 Å². The second-order valence-electron chi connectivity index (χ2n) is 12.5. The number of aromatic nitrogens is 4. The molecule has 1 aliphatic heterocycles. The number of anilines is 1. The minimum Gasteiger partial charge on any atom is -0.477 e. The molecule has 4 heterocycles. The first-order valence-electron chi connectivity index (χ1n) is 15.9. The number of carboxylic acid groups (broad SMARTS) is 1. The molecule has 47 heavy (non-hydrogen) atoms. The van der Waals surface area contributed by atoms with Gasteiger partial charge in [-0.2, -0.15) is 0 Å². The fourth-order valence-corrected chi connectivity index (χ4v) is 6.98. The van der Waals surface area contributed by atoms with Crippen molar-refractivity contribution >= 4 is 51.7 Å². The van der Waals surface area contributed by atoms with E-state index in [9.17, 15) is 23.9 Å². The van der Waals surface area contributed by atoms with Gasteiger partial charge in [-0.3, -0.25) is 9.59 Å². The molecule has 10 nitrogen and oxygen atoms in total. The first kappa shape index (κ1) is 32.5. The summed E-state index contributed by atoms with van der Waals surface area (Å²) in [6.07, 6.45) is 8.92. The predicted octanol–water partition coefficient (Wildman–Crippen LogP) is 5.13. The summed E-state index contributed by atoms with van der Waals surface area (Å²) in [5.41, 5.74) is 3.43. The maximum absolute atomic E-state index is 14.6. The highest BCUT2D eigenvalue weighted by atomic mass is 35.5. The van der Waals surface area contributed by atoms with Crippen LogP contribution in [0.25, 0.3) is 21.8 Å². The summed E-state index contributed by atoms with van der Waals surface area (Å²) >= 11 is 0. The lowest BCUT2D eigenvalue weighted by atomic mass is 9.85. The van der Waals surface area contributed by atoms with Gasteiger partial charge in [-0.15, -0.1) is 12.4 Å². The predicted molar refractivity (Wildman–Crippen MR) is 182 cm³/mol. The molecule has 0 radical (unpaired) electrons. The van der Waals surface area contributed by atoms with E-state index in [1.54, 1.807) is 12.3 Å². The Morgan fingerprint density at radius 3 is 2.49 bits per heavy atom. The Kier molecular flexibility index (Phi) is 8.95. The maximum Gasteiger partial charge on any atom is 0.341 e. The lowest BCUT2D eigenvalue weighted by molar-refractivity contribution is 0.0694. The van der Waals surface area contributed by atoms with Crippen molar-refractivity contribution in [2.75, 3.05) is 31.1 Å². The largest absolute Gasteiger partial charge is 0.477 e. The molecule has 5 aromatic rings. The quantitative estimate of drug-likeness (QED) is 0.269. The van der Waals surface area contributed by atoms with E-state index in [4.69, 9.17) is 0 Å². The molecule has 2 N–H and O–H groups in total. The van der Waals surface area contributed by atoms with Crippen LogP contribution < -0.4 is 15.6 Å². The number of benzene rings is 2. The number of aromatic carboxylic acids is 1. The Hall–Kier alpha value is -4.48. The number of fused-ring (bicyclic) bond motifs is 4. The van der Waals surface area contributed by atoms with Crippen molar-refractivity contribution in [3.63, 3.8) is 0 Å². The molecular weight excluding hydrogens is 623 g/mol. The van der Waals surface area contributed by atoms with Crippen LogP contribution in [0.5, 0.6) is 0 Å². The average Bonchev–Trinajstić information content (AvgIpc) is 3.76. The molecule has 2 aliphatic carbocycles. The van der Waals surface area contributed by atoms with Gasteiger partial charge in [0, 0.05) is 97.9 Å². The zero-order valence-corrected chi connectivity index (χ0v) is 27.2. The summed E-state index contributed by atoms with van der Waals surface area (Å²) in [5.74, 6) is -0.455. The molecule has 3 aromatic heterocycles. The Balaban J connectivity index is 0.000000161. The molecule has 1 unspecified atom stereocenters. The number of aryl methyl sites for hydroxylation is 2. The molecule has 3 aliphatic rings. The van der Waals surface area contributed by atoms with Gasteiger partial charge < -0.3 is 29.0 Å². The van der Waals surface area contributed by atoms with Gasteiger partial charge in [0.05, 0.1) is 11.2 Å². The molecule has 12 heteroatoms. The lowest BCUT2D eigenvalue weighted by Gasteiger charge is -2.30. The Morgan fingerprint density at radius 1 is 1.06 bits per heavy atom. The van der Waals surface area contributed by atoms with Crippen molar-refractivity contribution in [2.45, 2.75) is 45.2 Å². The number of hydrogen-bond acceptors (Lipinski definition) is 6. The maximum atomic E-state index is 14.6. The number of carbonyl (C=O) groups excluding carboxylic acids is 1. The number of imidazole rings is 1. The molecule has 8 rings (SSSR count). The van der Waals surface area contributed by atoms with Gasteiger partial charge in [-0.1, -0.05) is 18.2 Å². The van der Waals surface area contributed by atoms with E-state index in [1.807, 2.05) is 34.7 Å². The first-order chi connectivity index (χ1) is 22.2. The van der Waals surface area contributed by atoms with E-state index in [2.05, 4.69) is 38.6 Å². The highest BCUT2D eigenvalue weighted by Gasteiger charge is 2.32. The molecule has 2 aromatic carbocycles. The standard InChI is InChI=1S/C18H19N3O.C17H18FN3O3.ClH/c1-12-19-9-10-21(12)11-13-7-8-16-17(18(13)22)14-5-3-4-6-15(14)20(16)2;18-13-7-11-14(8-15(13)20-5-3-19-4-6-20)21(10-1-2-10)9-12(16(11)22)17(23)24;/h3-6,9-10,13H,7-8,11H2,1-2H3;7-10,19H,1-6H2,(H,23,24);1H. The van der Waals surface area contributed by atoms with Crippen LogP contribution >= 0.6 is 12.4 Å². The molecular formula is C35H38ClFN6O4. The molecule has 1 saturated carbocycles. The number of Topliss-reactive ketones (excluding diaryl/α,β-unsaturated/α-hetero) is 1. The molecule has 0 spiro atoms. The number of nitrogens with one attached hydrogen (secondary N) is 1. The van der Waals surface area contributed by atoms with E-state index >= 15 is 0 Å². The summed E-state index contributed by atoms with van der Waals surface area (Å²) in [5, 5.41) is 13.7. The van der Waals surface area contributed by atoms with Gasteiger partial charge in [0.25, 0.3) is 0 Å². The monoisotopic (exact) mass is 660 g/mol. The summed E-state index contributed by atoms with van der Waals surface area (Å²) in [6, 6.07) is 11.3. The highest BCUT2D eigenvalue weighted by molar-refractivity contribution is 6.11. The van der Waals surface area contributed by atoms with E-state index in [1.165, 1.54) is 18.0 Å². The van der Waals surface area contributed by atoms with Crippen molar-refractivity contribution < 1.29 is 19.1 Å². The number of pyridine rings is 1. The second-order valence-corrected chi connectivity index (χ2v) is 12.5. The van der Waals surface area contributed by atoms with Crippen molar-refractivity contribution in [1.82, 2.24) is 24.0 Å². The van der Waals surface area contributed by atoms with Gasteiger partial charge in [0.15, 0.2) is 5.78 Å². The van der Waals surface area contributed by atoms with E-state index < -0.39 is 17.2 Å². The summed E-state index contributed by atoms with van der Waals surface area (Å²) in [4.78, 5) is 43.0. The molecule has 2 fully saturated rings. The van der Waals surface area contributed by atoms with Crippen molar-refractivity contribution in [3.05, 3.63) is 93.7 Å². The Labute approximate surface area is 277 Å². The average molecular weight is 661 g/mol. The zero-order valence-electron chi connectivity index (χ0n) is 26.4. The van der Waals surface area contributed by atoms with Crippen LogP contribution in [0.15, 0.2) is 59.8 Å². The van der Waals surface area contributed by atoms with Crippen LogP contribution in [0.2, 0.25) is 0 Å². The van der Waals surface area contributed by atoms with Gasteiger partial charge in [-0.25, -0.2) is 14.2 Å². The minimum atomic E-state index is -1.28. The number of nitrogens with zero attached hydrogens (tertiary/aromatic N) is 5. The number of carbonyl (C=O) groups is 2. The van der Waals surface area contributed by atoms with Crippen LogP contribution in [-0.4, -0.2) is 61.7 Å². The first-order valence-corrected chi connectivity index (χ1v) is 15.9. The van der Waals surface area contributed by atoms with Crippen LogP contribution in [-0.2, 0) is 20.0 Å². The Bertz CT molecular complexity index is 2060. The normalized spacial score (nSPS) is 17.6. The third-order valence-electron chi connectivity index (χ3n) is 9.64. The Morgan fingerprint density at radius 2 is 1.81 bits per heavy atom. The fourth-order valence-electron chi connectivity index (χ4n) is 6.98. The van der Waals surface area contributed by atoms with E-state index in [0.29, 0.717) is 24.3 Å². The number of halogens is 2. The van der Waals surface area contributed by atoms with Gasteiger partial charge in [0.2, 0.25) is 5.43 Å². The van der Waals surface area contributed by atoms with E-state index in [-0.39, 0.29) is 41.1 Å². The number of carboxylic acids is 1. The van der Waals surface area contributed by atoms with Crippen LogP contribution in [0.1, 0.15) is 57.5 Å². The molecule has 0 amide bonds. The van der Waals surface area contributed by atoms with Crippen molar-refractivity contribution in [3.8, 4) is 0 Å². The lowest BCUT2D eigenvalue weighted by Crippen LogP contribution is -2.43. The van der Waals surface area contributed by atoms with Gasteiger partial charge >= 0.3 is 5.97 Å². The number of para-hydroxylation sites is 1. The topological polar surface area (TPSA) is 114 Å². The van der Waals surface area contributed by atoms with Crippen LogP contribution in [0.3, 0.4) is 0 Å². The van der Waals surface area contributed by atoms with Crippen molar-refractivity contribution in [1.29, 1.82) is 0 Å². The number of piperazine rings is 1. The third kappa shape index (κ3) is 5.94. The highest BCUT2D eigenvalue weighted by Crippen LogP contribution is 2.38. The number of ketones is 1. The number of hydrogen-bond donors (Lipinski definition) is 2. The number of rotatable bonds is 5. The smallest absolute Gasteiger partial charge is 0.341 e.